The van der Waals surface area contributed by atoms with Crippen LogP contribution in [0.25, 0.3) is 43.4 Å². The van der Waals surface area contributed by atoms with Crippen molar-refractivity contribution in [3.8, 4) is 0 Å². The number of nitrogens with zero attached hydrogens (tertiary/aromatic N) is 1. The maximum absolute atomic E-state index is 12.0. The summed E-state index contributed by atoms with van der Waals surface area (Å²) in [7, 11) is 0. The van der Waals surface area contributed by atoms with Crippen molar-refractivity contribution >= 4 is 55.3 Å². The lowest BCUT2D eigenvalue weighted by Crippen LogP contribution is -2.28. The van der Waals surface area contributed by atoms with Crippen molar-refractivity contribution in [3.63, 3.8) is 0 Å². The first-order valence-electron chi connectivity index (χ1n) is 11.0. The average Bonchev–Trinajstić information content (AvgIpc) is 3.21. The number of esters is 2. The highest BCUT2D eigenvalue weighted by Crippen LogP contribution is 2.39. The monoisotopic (exact) mass is 449 g/mol. The Kier molecular flexibility index (Phi) is 5.60. The fraction of sp³-hybridized carbons (Fsp3) is 0.103. The van der Waals surface area contributed by atoms with E-state index in [2.05, 4.69) is 66.3 Å². The topological polar surface area (TPSA) is 57.5 Å². The third kappa shape index (κ3) is 3.71. The Morgan fingerprint density at radius 1 is 0.765 bits per heavy atom. The Morgan fingerprint density at radius 2 is 1.29 bits per heavy atom. The van der Waals surface area contributed by atoms with Gasteiger partial charge in [0.15, 0.2) is 6.10 Å². The molecule has 4 aromatic carbocycles. The van der Waals surface area contributed by atoms with Crippen LogP contribution in [0, 0.1) is 0 Å². The van der Waals surface area contributed by atoms with E-state index < -0.39 is 18.0 Å². The molecule has 0 aliphatic carbocycles. The number of aromatic nitrogens is 1. The first-order valence-corrected chi connectivity index (χ1v) is 11.0. The molecule has 0 N–H and O–H groups in total. The van der Waals surface area contributed by atoms with Gasteiger partial charge >= 0.3 is 11.9 Å². The maximum Gasteiger partial charge on any atom is 0.330 e. The van der Waals surface area contributed by atoms with Crippen molar-refractivity contribution in [1.82, 2.24) is 4.57 Å². The van der Waals surface area contributed by atoms with E-state index in [4.69, 9.17) is 9.47 Å². The van der Waals surface area contributed by atoms with Gasteiger partial charge in [-0.3, -0.25) is 0 Å². The second-order valence-corrected chi connectivity index (χ2v) is 8.07. The van der Waals surface area contributed by atoms with Crippen LogP contribution in [0.5, 0.6) is 0 Å². The molecule has 0 saturated heterocycles. The van der Waals surface area contributed by atoms with E-state index in [-0.39, 0.29) is 6.61 Å². The van der Waals surface area contributed by atoms with Gasteiger partial charge in [0.25, 0.3) is 0 Å². The number of ether oxygens (including phenoxy) is 2. The maximum atomic E-state index is 12.0. The fourth-order valence-electron chi connectivity index (χ4n) is 4.60. The summed E-state index contributed by atoms with van der Waals surface area (Å²) in [6.45, 7) is 7.13. The van der Waals surface area contributed by atoms with Crippen LogP contribution in [0.2, 0.25) is 0 Å². The normalized spacial score (nSPS) is 12.1. The minimum absolute atomic E-state index is 0.0905. The van der Waals surface area contributed by atoms with Gasteiger partial charge in [0.2, 0.25) is 0 Å². The average molecular weight is 450 g/mol. The van der Waals surface area contributed by atoms with Gasteiger partial charge in [0.1, 0.15) is 6.61 Å². The minimum atomic E-state index is -0.703. The molecule has 34 heavy (non-hydrogen) atoms. The number of fused-ring (bicyclic) bond motifs is 7. The molecular weight excluding hydrogens is 426 g/mol. The van der Waals surface area contributed by atoms with Crippen molar-refractivity contribution in [1.29, 1.82) is 0 Å². The van der Waals surface area contributed by atoms with Crippen LogP contribution < -0.4 is 0 Å². The molecule has 1 unspecified atom stereocenters. The lowest BCUT2D eigenvalue weighted by Gasteiger charge is -2.19. The van der Waals surface area contributed by atoms with Crippen LogP contribution in [0.4, 0.5) is 0 Å². The standard InChI is InChI=1S/C29H23NO4/c1-3-26(31)33-18-21(34-27(32)4-2)17-30-24-15-13-19-9-5-7-11-22(19)28(24)29-23-12-8-6-10-20(23)14-16-25(29)30/h3-16,21H,1-2,17-18H2. The summed E-state index contributed by atoms with van der Waals surface area (Å²) < 4.78 is 12.9. The van der Waals surface area contributed by atoms with Gasteiger partial charge in [-0.15, -0.1) is 0 Å². The van der Waals surface area contributed by atoms with Gasteiger partial charge in [-0.1, -0.05) is 73.8 Å². The van der Waals surface area contributed by atoms with Gasteiger partial charge in [0, 0.05) is 34.0 Å². The van der Waals surface area contributed by atoms with E-state index in [1.807, 2.05) is 24.3 Å². The number of carbonyl (C=O) groups is 2. The van der Waals surface area contributed by atoms with Crippen LogP contribution in [-0.2, 0) is 25.6 Å². The second-order valence-electron chi connectivity index (χ2n) is 8.07. The third-order valence-corrected chi connectivity index (χ3v) is 6.06. The largest absolute Gasteiger partial charge is 0.459 e. The molecule has 5 heteroatoms. The van der Waals surface area contributed by atoms with E-state index in [1.165, 1.54) is 0 Å². The lowest BCUT2D eigenvalue weighted by atomic mass is 10.00. The van der Waals surface area contributed by atoms with Crippen molar-refractivity contribution in [3.05, 3.63) is 98.1 Å². The highest BCUT2D eigenvalue weighted by atomic mass is 16.6. The molecular formula is C29H23NO4. The van der Waals surface area contributed by atoms with Gasteiger partial charge < -0.3 is 14.0 Å². The summed E-state index contributed by atoms with van der Waals surface area (Å²) in [6, 6.07) is 25.0. The number of carbonyl (C=O) groups excluding carboxylic acids is 2. The molecule has 5 rings (SSSR count). The van der Waals surface area contributed by atoms with Crippen LogP contribution >= 0.6 is 0 Å². The van der Waals surface area contributed by atoms with Crippen molar-refractivity contribution in [2.24, 2.45) is 0 Å². The summed E-state index contributed by atoms with van der Waals surface area (Å²) in [6.07, 6.45) is 1.49. The molecule has 1 heterocycles. The van der Waals surface area contributed by atoms with E-state index >= 15 is 0 Å². The van der Waals surface area contributed by atoms with Gasteiger partial charge in [-0.2, -0.15) is 0 Å². The van der Waals surface area contributed by atoms with Crippen LogP contribution in [0.1, 0.15) is 0 Å². The van der Waals surface area contributed by atoms with E-state index in [9.17, 15) is 9.59 Å². The predicted molar refractivity (Wildman–Crippen MR) is 136 cm³/mol. The molecule has 0 amide bonds. The molecule has 1 aromatic heterocycles. The Labute approximate surface area is 196 Å². The van der Waals surface area contributed by atoms with E-state index in [1.54, 1.807) is 0 Å². The van der Waals surface area contributed by atoms with Crippen LogP contribution in [0.3, 0.4) is 0 Å². The lowest BCUT2D eigenvalue weighted by molar-refractivity contribution is -0.153. The number of benzene rings is 4. The molecule has 0 saturated carbocycles. The smallest absolute Gasteiger partial charge is 0.330 e. The summed E-state index contributed by atoms with van der Waals surface area (Å²) in [4.78, 5) is 23.7. The summed E-state index contributed by atoms with van der Waals surface area (Å²) in [5.74, 6) is -1.14. The molecule has 168 valence electrons. The van der Waals surface area contributed by atoms with Gasteiger partial charge in [-0.25, -0.2) is 9.59 Å². The molecule has 5 aromatic rings. The van der Waals surface area contributed by atoms with Crippen molar-refractivity contribution in [2.45, 2.75) is 12.6 Å². The minimum Gasteiger partial charge on any atom is -0.459 e. The molecule has 0 aliphatic heterocycles. The highest BCUT2D eigenvalue weighted by molar-refractivity contribution is 6.27. The van der Waals surface area contributed by atoms with E-state index in [0.717, 1.165) is 55.5 Å². The molecule has 0 radical (unpaired) electrons. The van der Waals surface area contributed by atoms with Crippen LogP contribution in [0.15, 0.2) is 98.1 Å². The summed E-state index contributed by atoms with van der Waals surface area (Å²) in [5.41, 5.74) is 2.03. The zero-order chi connectivity index (χ0) is 23.7. The van der Waals surface area contributed by atoms with Gasteiger partial charge in [0.05, 0.1) is 6.54 Å². The molecule has 0 fully saturated rings. The fourth-order valence-corrected chi connectivity index (χ4v) is 4.60. The molecule has 0 bridgehead atoms. The van der Waals surface area contributed by atoms with E-state index in [0.29, 0.717) is 6.54 Å². The molecule has 0 aliphatic rings. The Hall–Kier alpha value is -4.38. The number of hydrogen-bond donors (Lipinski definition) is 0. The SMILES string of the molecule is C=CC(=O)OCC(Cn1c2ccc3ccccc3c2c2c3ccccc3ccc21)OC(=O)C=C. The first kappa shape index (κ1) is 21.5. The molecule has 1 atom stereocenters. The molecule has 0 spiro atoms. The number of rotatable bonds is 7. The van der Waals surface area contributed by atoms with Crippen molar-refractivity contribution < 1.29 is 19.1 Å². The van der Waals surface area contributed by atoms with Crippen molar-refractivity contribution in [2.75, 3.05) is 6.61 Å². The Bertz CT molecular complexity index is 1500. The number of hydrogen-bond acceptors (Lipinski definition) is 4. The first-order chi connectivity index (χ1) is 16.6. The van der Waals surface area contributed by atoms with Crippen LogP contribution in [-0.4, -0.2) is 29.2 Å². The highest BCUT2D eigenvalue weighted by Gasteiger charge is 2.21. The quantitative estimate of drug-likeness (QED) is 0.228. The molecule has 5 nitrogen and oxygen atoms in total. The Balaban J connectivity index is 1.75. The Morgan fingerprint density at radius 3 is 1.82 bits per heavy atom. The summed E-state index contributed by atoms with van der Waals surface area (Å²) in [5, 5.41) is 6.88. The summed E-state index contributed by atoms with van der Waals surface area (Å²) >= 11 is 0. The second kappa shape index (κ2) is 8.87. The third-order valence-electron chi connectivity index (χ3n) is 6.06. The van der Waals surface area contributed by atoms with Gasteiger partial charge in [-0.05, 0) is 33.7 Å². The zero-order valence-electron chi connectivity index (χ0n) is 18.6. The predicted octanol–water partition coefficient (Wildman–Crippen LogP) is 5.93. The zero-order valence-corrected chi connectivity index (χ0v) is 18.6.